The first-order chi connectivity index (χ1) is 14.5. The van der Waals surface area contributed by atoms with Gasteiger partial charge in [-0.25, -0.2) is 8.42 Å². The van der Waals surface area contributed by atoms with Crippen LogP contribution in [0, 0.1) is 11.3 Å². The number of amides is 1. The van der Waals surface area contributed by atoms with Crippen molar-refractivity contribution in [1.82, 2.24) is 9.62 Å². The highest BCUT2D eigenvalue weighted by Gasteiger charge is 2.38. The lowest BCUT2D eigenvalue weighted by Crippen LogP contribution is -2.51. The van der Waals surface area contributed by atoms with Crippen LogP contribution in [0.5, 0.6) is 0 Å². The summed E-state index contributed by atoms with van der Waals surface area (Å²) in [5.41, 5.74) is 7.14. The number of anilines is 1. The number of nitrogens with one attached hydrogen (secondary N) is 2. The van der Waals surface area contributed by atoms with Gasteiger partial charge in [-0.3, -0.25) is 15.0 Å². The van der Waals surface area contributed by atoms with Crippen molar-refractivity contribution in [3.8, 4) is 0 Å². The molecule has 0 unspecified atom stereocenters. The molecule has 170 valence electrons. The summed E-state index contributed by atoms with van der Waals surface area (Å²) in [7, 11) is -3.50. The molecule has 2 aliphatic heterocycles. The van der Waals surface area contributed by atoms with Crippen molar-refractivity contribution >= 4 is 33.4 Å². The van der Waals surface area contributed by atoms with Crippen LogP contribution in [-0.4, -0.2) is 73.5 Å². The number of carboxylic acid groups (broad SMARTS) is 1. The van der Waals surface area contributed by atoms with Crippen LogP contribution in [0.3, 0.4) is 0 Å². The third-order valence-corrected chi connectivity index (χ3v) is 7.25. The number of carboxylic acids is 1. The Labute approximate surface area is 182 Å². The van der Waals surface area contributed by atoms with Crippen LogP contribution in [-0.2, 0) is 19.6 Å². The monoisotopic (exact) mass is 451 g/mol. The Bertz CT molecular complexity index is 941. The molecule has 2 heterocycles. The van der Waals surface area contributed by atoms with Gasteiger partial charge >= 0.3 is 5.97 Å². The van der Waals surface area contributed by atoms with E-state index in [-0.39, 0.29) is 36.8 Å². The van der Waals surface area contributed by atoms with Gasteiger partial charge in [-0.1, -0.05) is 0 Å². The number of aliphatic carboxylic acids is 1. The average Bonchev–Trinajstić information content (AvgIpc) is 3.04. The number of hydrogen-bond donors (Lipinski definition) is 4. The molecule has 2 fully saturated rings. The maximum absolute atomic E-state index is 12.5. The molecule has 5 N–H and O–H groups in total. The zero-order valence-electron chi connectivity index (χ0n) is 17.5. The molecule has 0 spiro atoms. The van der Waals surface area contributed by atoms with Crippen molar-refractivity contribution in [3.63, 3.8) is 0 Å². The number of carbonyl (C=O) groups is 2. The highest BCUT2D eigenvalue weighted by atomic mass is 32.2. The van der Waals surface area contributed by atoms with Gasteiger partial charge < -0.3 is 21.1 Å². The number of amidine groups is 1. The van der Waals surface area contributed by atoms with Crippen LogP contribution in [0.4, 0.5) is 5.69 Å². The molecule has 11 heteroatoms. The molecule has 0 aliphatic carbocycles. The van der Waals surface area contributed by atoms with E-state index in [0.29, 0.717) is 37.9 Å². The molecular weight excluding hydrogens is 422 g/mol. The summed E-state index contributed by atoms with van der Waals surface area (Å²) >= 11 is 0. The molecule has 0 radical (unpaired) electrons. The second kappa shape index (κ2) is 9.23. The Morgan fingerprint density at radius 2 is 1.90 bits per heavy atom. The van der Waals surface area contributed by atoms with Crippen molar-refractivity contribution < 1.29 is 23.1 Å². The molecule has 1 aromatic rings. The number of hydrogen-bond acceptors (Lipinski definition) is 6. The molecule has 2 aliphatic rings. The zero-order chi connectivity index (χ0) is 22.8. The fourth-order valence-electron chi connectivity index (χ4n) is 4.37. The van der Waals surface area contributed by atoms with Crippen LogP contribution in [0.1, 0.15) is 31.2 Å². The first-order valence-corrected chi connectivity index (χ1v) is 12.1. The minimum Gasteiger partial charge on any atom is -0.481 e. The lowest BCUT2D eigenvalue weighted by Gasteiger charge is -2.39. The molecule has 2 atom stereocenters. The number of piperidine rings is 1. The van der Waals surface area contributed by atoms with E-state index in [4.69, 9.17) is 16.2 Å². The third-order valence-electron chi connectivity index (χ3n) is 5.95. The van der Waals surface area contributed by atoms with Crippen LogP contribution in [0.25, 0.3) is 0 Å². The van der Waals surface area contributed by atoms with E-state index in [1.165, 1.54) is 10.6 Å². The Kier molecular flexibility index (Phi) is 6.85. The summed E-state index contributed by atoms with van der Waals surface area (Å²) in [5, 5.41) is 19.2. The van der Waals surface area contributed by atoms with E-state index in [9.17, 15) is 18.0 Å². The van der Waals surface area contributed by atoms with Crippen LogP contribution in [0.2, 0.25) is 0 Å². The van der Waals surface area contributed by atoms with E-state index < -0.39 is 21.9 Å². The second-order valence-corrected chi connectivity index (χ2v) is 10.2. The van der Waals surface area contributed by atoms with E-state index >= 15 is 0 Å². The fraction of sp³-hybridized carbons (Fsp3) is 0.550. The number of nitrogen functional groups attached to an aromatic ring is 1. The summed E-state index contributed by atoms with van der Waals surface area (Å²) in [6, 6.07) is 6.83. The molecular formula is C20H29N5O5S. The van der Waals surface area contributed by atoms with Crippen molar-refractivity contribution in [2.75, 3.05) is 30.8 Å². The Morgan fingerprint density at radius 1 is 1.29 bits per heavy atom. The normalized spacial score (nSPS) is 22.5. The quantitative estimate of drug-likeness (QED) is 0.324. The number of nitrogens with zero attached hydrogens (tertiary/aromatic N) is 2. The Morgan fingerprint density at radius 3 is 2.42 bits per heavy atom. The third kappa shape index (κ3) is 5.73. The Hall–Kier alpha value is -2.66. The van der Waals surface area contributed by atoms with Crippen LogP contribution >= 0.6 is 0 Å². The predicted octanol–water partition coefficient (Wildman–Crippen LogP) is 0.180. The molecule has 0 aromatic heterocycles. The molecule has 0 saturated carbocycles. The SMILES string of the molecule is CS(=O)(=O)N(C[C@@H]1C[C@@H](CC(=O)O)C(=O)N1)C1CCN(c2ccc(C(=N)N)cc2)CC1. The van der Waals surface area contributed by atoms with Crippen molar-refractivity contribution in [1.29, 1.82) is 5.41 Å². The number of benzene rings is 1. The average molecular weight is 452 g/mol. The smallest absolute Gasteiger partial charge is 0.304 e. The van der Waals surface area contributed by atoms with E-state index in [0.717, 1.165) is 5.69 Å². The van der Waals surface area contributed by atoms with E-state index in [1.807, 2.05) is 12.1 Å². The van der Waals surface area contributed by atoms with Crippen molar-refractivity contribution in [2.24, 2.45) is 11.7 Å². The van der Waals surface area contributed by atoms with E-state index in [1.54, 1.807) is 12.1 Å². The van der Waals surface area contributed by atoms with Crippen molar-refractivity contribution in [2.45, 2.75) is 37.8 Å². The highest BCUT2D eigenvalue weighted by Crippen LogP contribution is 2.26. The maximum Gasteiger partial charge on any atom is 0.304 e. The Balaban J connectivity index is 1.62. The number of rotatable bonds is 8. The van der Waals surface area contributed by atoms with Gasteiger partial charge in [0.25, 0.3) is 0 Å². The van der Waals surface area contributed by atoms with Gasteiger partial charge in [0.1, 0.15) is 5.84 Å². The van der Waals surface area contributed by atoms with Crippen LogP contribution < -0.4 is 16.0 Å². The molecule has 1 amide bonds. The fourth-order valence-corrected chi connectivity index (χ4v) is 5.57. The summed E-state index contributed by atoms with van der Waals surface area (Å²) in [6.07, 6.45) is 2.52. The molecule has 31 heavy (non-hydrogen) atoms. The van der Waals surface area contributed by atoms with Gasteiger partial charge in [-0.2, -0.15) is 4.31 Å². The predicted molar refractivity (Wildman–Crippen MR) is 117 cm³/mol. The van der Waals surface area contributed by atoms with E-state index in [2.05, 4.69) is 10.2 Å². The topological polar surface area (TPSA) is 157 Å². The molecule has 1 aromatic carbocycles. The minimum absolute atomic E-state index is 0.0126. The first kappa shape index (κ1) is 23.0. The lowest BCUT2D eigenvalue weighted by molar-refractivity contribution is -0.140. The highest BCUT2D eigenvalue weighted by molar-refractivity contribution is 7.88. The second-order valence-electron chi connectivity index (χ2n) is 8.25. The van der Waals surface area contributed by atoms with Crippen LogP contribution in [0.15, 0.2) is 24.3 Å². The molecule has 0 bridgehead atoms. The molecule has 3 rings (SSSR count). The number of nitrogens with two attached hydrogens (primary N) is 1. The summed E-state index contributed by atoms with van der Waals surface area (Å²) in [5.74, 6) is -1.98. The van der Waals surface area contributed by atoms with Gasteiger partial charge in [0.05, 0.1) is 18.6 Å². The summed E-state index contributed by atoms with van der Waals surface area (Å²) in [4.78, 5) is 25.1. The summed E-state index contributed by atoms with van der Waals surface area (Å²) < 4.78 is 26.4. The lowest BCUT2D eigenvalue weighted by atomic mass is 10.00. The number of carbonyl (C=O) groups excluding carboxylic acids is 1. The van der Waals surface area contributed by atoms with Gasteiger partial charge in [-0.15, -0.1) is 0 Å². The largest absolute Gasteiger partial charge is 0.481 e. The zero-order valence-corrected chi connectivity index (χ0v) is 18.3. The summed E-state index contributed by atoms with van der Waals surface area (Å²) in [6.45, 7) is 1.50. The van der Waals surface area contributed by atoms with Gasteiger partial charge in [0, 0.05) is 43.0 Å². The maximum atomic E-state index is 12.5. The van der Waals surface area contributed by atoms with Gasteiger partial charge in [0.2, 0.25) is 15.9 Å². The van der Waals surface area contributed by atoms with Gasteiger partial charge in [0.15, 0.2) is 0 Å². The van der Waals surface area contributed by atoms with Gasteiger partial charge in [-0.05, 0) is 43.5 Å². The standard InChI is InChI=1S/C20H29N5O5S/c1-31(29,30)25(12-15-10-14(11-18(26)27)20(28)23-15)17-6-8-24(9-7-17)16-4-2-13(3-5-16)19(21)22/h2-5,14-15,17H,6-12H2,1H3,(H3,21,22)(H,23,28)(H,26,27)/t14-,15-/m0/s1. The number of sulfonamides is 1. The van der Waals surface area contributed by atoms with Crippen molar-refractivity contribution in [3.05, 3.63) is 29.8 Å². The minimum atomic E-state index is -3.50. The molecule has 10 nitrogen and oxygen atoms in total. The molecule has 2 saturated heterocycles. The first-order valence-electron chi connectivity index (χ1n) is 10.2.